The van der Waals surface area contributed by atoms with Crippen LogP contribution < -0.4 is 18.9 Å². The van der Waals surface area contributed by atoms with Gasteiger partial charge in [0.15, 0.2) is 23.0 Å². The quantitative estimate of drug-likeness (QED) is 0.545. The molecule has 6 heteroatoms. The van der Waals surface area contributed by atoms with Crippen LogP contribution in [-0.4, -0.2) is 40.9 Å². The van der Waals surface area contributed by atoms with E-state index in [1.807, 2.05) is 36.4 Å². The highest BCUT2D eigenvalue weighted by Crippen LogP contribution is 2.31. The van der Waals surface area contributed by atoms with Gasteiger partial charge in [-0.3, -0.25) is 0 Å². The molecule has 25 heavy (non-hydrogen) atoms. The number of nitrogens with zero attached hydrogens (tertiary/aromatic N) is 2. The van der Waals surface area contributed by atoms with E-state index in [2.05, 4.69) is 10.2 Å². The Morgan fingerprint density at radius 3 is 2.04 bits per heavy atom. The molecule has 2 rings (SSSR count). The first-order chi connectivity index (χ1) is 12.2. The van der Waals surface area contributed by atoms with Crippen molar-refractivity contribution in [3.05, 3.63) is 47.5 Å². The first-order valence-corrected chi connectivity index (χ1v) is 7.70. The van der Waals surface area contributed by atoms with Gasteiger partial charge in [0.2, 0.25) is 0 Å². The highest BCUT2D eigenvalue weighted by Gasteiger charge is 2.08. The summed E-state index contributed by atoms with van der Waals surface area (Å²) in [6.07, 6.45) is 3.91. The molecule has 0 aliphatic carbocycles. The predicted octanol–water partition coefficient (Wildman–Crippen LogP) is 3.37. The van der Waals surface area contributed by atoms with Gasteiger partial charge in [-0.15, -0.1) is 0 Å². The van der Waals surface area contributed by atoms with E-state index in [-0.39, 0.29) is 0 Å². The van der Waals surface area contributed by atoms with Crippen molar-refractivity contribution in [1.82, 2.24) is 0 Å². The number of hydrogen-bond acceptors (Lipinski definition) is 6. The third kappa shape index (κ3) is 4.50. The number of para-hydroxylation sites is 2. The molecule has 6 nitrogen and oxygen atoms in total. The largest absolute Gasteiger partial charge is 0.493 e. The molecule has 0 N–H and O–H groups in total. The normalized spacial score (nSPS) is 11.0. The maximum Gasteiger partial charge on any atom is 0.169 e. The van der Waals surface area contributed by atoms with E-state index in [0.29, 0.717) is 29.4 Å². The highest BCUT2D eigenvalue weighted by molar-refractivity contribution is 5.85. The number of benzene rings is 2. The minimum Gasteiger partial charge on any atom is -0.493 e. The fourth-order valence-electron chi connectivity index (χ4n) is 2.41. The molecule has 0 saturated heterocycles. The van der Waals surface area contributed by atoms with E-state index in [0.717, 1.165) is 11.1 Å². The van der Waals surface area contributed by atoms with Crippen LogP contribution in [-0.2, 0) is 6.42 Å². The summed E-state index contributed by atoms with van der Waals surface area (Å²) >= 11 is 0. The Labute approximate surface area is 147 Å². The van der Waals surface area contributed by atoms with Gasteiger partial charge < -0.3 is 18.9 Å². The van der Waals surface area contributed by atoms with Gasteiger partial charge in [0.25, 0.3) is 0 Å². The number of rotatable bonds is 8. The molecular weight excluding hydrogens is 320 g/mol. The van der Waals surface area contributed by atoms with Crippen LogP contribution in [0.25, 0.3) is 0 Å². The molecule has 0 spiro atoms. The van der Waals surface area contributed by atoms with Gasteiger partial charge in [-0.2, -0.15) is 10.2 Å². The lowest BCUT2D eigenvalue weighted by Crippen LogP contribution is -1.96. The summed E-state index contributed by atoms with van der Waals surface area (Å²) in [5.41, 5.74) is 1.76. The van der Waals surface area contributed by atoms with Crippen LogP contribution in [0.4, 0.5) is 0 Å². The molecule has 0 aliphatic rings. The molecule has 132 valence electrons. The molecule has 0 heterocycles. The Kier molecular flexibility index (Phi) is 6.83. The van der Waals surface area contributed by atoms with E-state index in [1.54, 1.807) is 40.9 Å². The minimum atomic E-state index is 0.576. The second-order valence-electron chi connectivity index (χ2n) is 4.98. The maximum absolute atomic E-state index is 5.39. The van der Waals surface area contributed by atoms with Crippen molar-refractivity contribution in [3.63, 3.8) is 0 Å². The van der Waals surface area contributed by atoms with Crippen LogP contribution in [0.1, 0.15) is 11.1 Å². The van der Waals surface area contributed by atoms with Gasteiger partial charge in [0.1, 0.15) is 0 Å². The third-order valence-corrected chi connectivity index (χ3v) is 3.57. The molecule has 0 radical (unpaired) electrons. The number of ether oxygens (including phenoxy) is 4. The van der Waals surface area contributed by atoms with Gasteiger partial charge in [-0.05, 0) is 18.2 Å². The lowest BCUT2D eigenvalue weighted by molar-refractivity contribution is 0.352. The number of hydrogen-bond donors (Lipinski definition) is 0. The molecule has 0 unspecified atom stereocenters. The summed E-state index contributed by atoms with van der Waals surface area (Å²) in [5, 5.41) is 8.15. The van der Waals surface area contributed by atoms with Crippen molar-refractivity contribution in [1.29, 1.82) is 0 Å². The standard InChI is InChI=1S/C19H22N2O4/c1-22-16-9-5-7-14(18(16)24-3)11-12-20-21-13-15-8-6-10-17(23-2)19(15)25-4/h5-10,12-13H,11H2,1-4H3/b20-12+,21-13+. The van der Waals surface area contributed by atoms with Crippen molar-refractivity contribution >= 4 is 12.4 Å². The van der Waals surface area contributed by atoms with Crippen LogP contribution in [0, 0.1) is 0 Å². The summed E-state index contributed by atoms with van der Waals surface area (Å²) in [6.45, 7) is 0. The Morgan fingerprint density at radius 1 is 0.760 bits per heavy atom. The second kappa shape index (κ2) is 9.32. The van der Waals surface area contributed by atoms with Gasteiger partial charge in [0, 0.05) is 23.8 Å². The maximum atomic E-state index is 5.39. The molecule has 0 aromatic heterocycles. The Bertz CT molecular complexity index is 757. The van der Waals surface area contributed by atoms with E-state index >= 15 is 0 Å². The summed E-state index contributed by atoms with van der Waals surface area (Å²) in [7, 11) is 6.42. The summed E-state index contributed by atoms with van der Waals surface area (Å²) in [5.74, 6) is 2.67. The lowest BCUT2D eigenvalue weighted by atomic mass is 10.1. The molecule has 0 aliphatic heterocycles. The Balaban J connectivity index is 2.09. The molecule has 2 aromatic rings. The molecule has 0 fully saturated rings. The average Bonchev–Trinajstić information content (AvgIpc) is 2.66. The van der Waals surface area contributed by atoms with Crippen LogP contribution in [0.3, 0.4) is 0 Å². The summed E-state index contributed by atoms with van der Waals surface area (Å²) in [4.78, 5) is 0. The molecule has 0 bridgehead atoms. The SMILES string of the molecule is COc1cccc(/C=N/N=C/Cc2cccc(OC)c2OC)c1OC. The van der Waals surface area contributed by atoms with Crippen LogP contribution in [0.5, 0.6) is 23.0 Å². The van der Waals surface area contributed by atoms with E-state index in [4.69, 9.17) is 18.9 Å². The fraction of sp³-hybridized carbons (Fsp3) is 0.263. The van der Waals surface area contributed by atoms with Crippen molar-refractivity contribution in [2.75, 3.05) is 28.4 Å². The highest BCUT2D eigenvalue weighted by atomic mass is 16.5. The summed E-state index contributed by atoms with van der Waals surface area (Å²) < 4.78 is 21.3. The van der Waals surface area contributed by atoms with Crippen LogP contribution in [0.15, 0.2) is 46.6 Å². The Morgan fingerprint density at radius 2 is 1.40 bits per heavy atom. The monoisotopic (exact) mass is 342 g/mol. The zero-order chi connectivity index (χ0) is 18.1. The van der Waals surface area contributed by atoms with Gasteiger partial charge in [0.05, 0.1) is 34.7 Å². The van der Waals surface area contributed by atoms with E-state index in [1.165, 1.54) is 0 Å². The van der Waals surface area contributed by atoms with Crippen molar-refractivity contribution in [3.8, 4) is 23.0 Å². The average molecular weight is 342 g/mol. The predicted molar refractivity (Wildman–Crippen MR) is 98.9 cm³/mol. The summed E-state index contributed by atoms with van der Waals surface area (Å²) in [6, 6.07) is 11.3. The zero-order valence-electron chi connectivity index (χ0n) is 14.9. The van der Waals surface area contributed by atoms with Crippen LogP contribution in [0.2, 0.25) is 0 Å². The van der Waals surface area contributed by atoms with Crippen molar-refractivity contribution < 1.29 is 18.9 Å². The van der Waals surface area contributed by atoms with Crippen molar-refractivity contribution in [2.45, 2.75) is 6.42 Å². The van der Waals surface area contributed by atoms with Gasteiger partial charge >= 0.3 is 0 Å². The van der Waals surface area contributed by atoms with Gasteiger partial charge in [-0.1, -0.05) is 18.2 Å². The minimum absolute atomic E-state index is 0.576. The van der Waals surface area contributed by atoms with E-state index in [9.17, 15) is 0 Å². The zero-order valence-corrected chi connectivity index (χ0v) is 14.9. The topological polar surface area (TPSA) is 61.6 Å². The third-order valence-electron chi connectivity index (χ3n) is 3.57. The Hall–Kier alpha value is -3.02. The fourth-order valence-corrected chi connectivity index (χ4v) is 2.41. The number of methoxy groups -OCH3 is 4. The molecule has 0 amide bonds. The van der Waals surface area contributed by atoms with E-state index < -0.39 is 0 Å². The first kappa shape index (κ1) is 18.3. The van der Waals surface area contributed by atoms with Crippen molar-refractivity contribution in [2.24, 2.45) is 10.2 Å². The van der Waals surface area contributed by atoms with Crippen LogP contribution >= 0.6 is 0 Å². The molecule has 0 saturated carbocycles. The molecular formula is C19H22N2O4. The molecule has 0 atom stereocenters. The van der Waals surface area contributed by atoms with Gasteiger partial charge in [-0.25, -0.2) is 0 Å². The second-order valence-corrected chi connectivity index (χ2v) is 4.98. The molecule has 2 aromatic carbocycles. The first-order valence-electron chi connectivity index (χ1n) is 7.70. The smallest absolute Gasteiger partial charge is 0.169 e. The lowest BCUT2D eigenvalue weighted by Gasteiger charge is -2.10.